The van der Waals surface area contributed by atoms with Crippen LogP contribution in [0.4, 0.5) is 4.39 Å². The van der Waals surface area contributed by atoms with Gasteiger partial charge in [-0.25, -0.2) is 4.39 Å². The highest BCUT2D eigenvalue weighted by molar-refractivity contribution is 5.96. The van der Waals surface area contributed by atoms with Crippen LogP contribution in [-0.4, -0.2) is 45.3 Å². The molecule has 1 saturated carbocycles. The van der Waals surface area contributed by atoms with E-state index in [0.29, 0.717) is 6.54 Å². The summed E-state index contributed by atoms with van der Waals surface area (Å²) in [7, 11) is 1.95. The first-order valence-electron chi connectivity index (χ1n) is 9.05. The van der Waals surface area contributed by atoms with Gasteiger partial charge in [0.1, 0.15) is 12.4 Å². The number of halogens is 1. The third kappa shape index (κ3) is 4.64. The molecule has 0 aliphatic heterocycles. The van der Waals surface area contributed by atoms with Gasteiger partial charge in [0.25, 0.3) is 5.91 Å². The first kappa shape index (κ1) is 18.9. The summed E-state index contributed by atoms with van der Waals surface area (Å²) in [5.74, 6) is -0.961. The topological polar surface area (TPSA) is 45.6 Å². The second kappa shape index (κ2) is 8.20. The third-order valence-corrected chi connectivity index (χ3v) is 4.73. The summed E-state index contributed by atoms with van der Waals surface area (Å²) >= 11 is 0. The SMILES string of the molecule is C=CCN(CC(=O)N(Cc1cccn1C)C1CC1)C(=O)c1cccc(F)c1. The van der Waals surface area contributed by atoms with E-state index in [2.05, 4.69) is 6.58 Å². The van der Waals surface area contributed by atoms with E-state index < -0.39 is 5.82 Å². The molecule has 1 aromatic carbocycles. The first-order chi connectivity index (χ1) is 13.0. The van der Waals surface area contributed by atoms with Crippen molar-refractivity contribution in [1.29, 1.82) is 0 Å². The van der Waals surface area contributed by atoms with Crippen LogP contribution in [0.5, 0.6) is 0 Å². The van der Waals surface area contributed by atoms with Crippen LogP contribution in [0, 0.1) is 5.82 Å². The van der Waals surface area contributed by atoms with Gasteiger partial charge < -0.3 is 14.4 Å². The van der Waals surface area contributed by atoms with Crippen molar-refractivity contribution < 1.29 is 14.0 Å². The summed E-state index contributed by atoms with van der Waals surface area (Å²) in [4.78, 5) is 28.9. The standard InChI is InChI=1S/C21H24FN3O2/c1-3-11-24(21(27)16-6-4-7-17(22)13-16)15-20(26)25(18-9-10-18)14-19-8-5-12-23(19)2/h3-8,12-13,18H,1,9-11,14-15H2,2H3. The predicted octanol–water partition coefficient (Wildman–Crippen LogP) is 2.98. The minimum atomic E-state index is -0.478. The molecular weight excluding hydrogens is 345 g/mol. The van der Waals surface area contributed by atoms with Crippen LogP contribution < -0.4 is 0 Å². The highest BCUT2D eigenvalue weighted by Gasteiger charge is 2.34. The lowest BCUT2D eigenvalue weighted by molar-refractivity contribution is -0.133. The molecule has 2 aromatic rings. The molecule has 3 rings (SSSR count). The van der Waals surface area contributed by atoms with Crippen molar-refractivity contribution in [3.8, 4) is 0 Å². The summed E-state index contributed by atoms with van der Waals surface area (Å²) in [6.45, 7) is 4.36. The number of rotatable bonds is 8. The Morgan fingerprint density at radius 3 is 2.67 bits per heavy atom. The largest absolute Gasteiger partial charge is 0.353 e. The normalized spacial score (nSPS) is 13.3. The van der Waals surface area contributed by atoms with Crippen LogP contribution in [0.25, 0.3) is 0 Å². The maximum Gasteiger partial charge on any atom is 0.254 e. The van der Waals surface area contributed by atoms with E-state index in [-0.39, 0.29) is 36.5 Å². The summed E-state index contributed by atoms with van der Waals surface area (Å²) < 4.78 is 15.5. The number of aromatic nitrogens is 1. The second-order valence-corrected chi connectivity index (χ2v) is 6.85. The van der Waals surface area contributed by atoms with E-state index in [1.54, 1.807) is 12.1 Å². The molecule has 0 atom stereocenters. The van der Waals surface area contributed by atoms with E-state index in [1.807, 2.05) is 34.8 Å². The molecule has 27 heavy (non-hydrogen) atoms. The molecule has 5 nitrogen and oxygen atoms in total. The predicted molar refractivity (Wildman–Crippen MR) is 101 cm³/mol. The van der Waals surface area contributed by atoms with Crippen LogP contribution in [0.3, 0.4) is 0 Å². The molecule has 6 heteroatoms. The fraction of sp³-hybridized carbons (Fsp3) is 0.333. The molecule has 0 bridgehead atoms. The zero-order valence-electron chi connectivity index (χ0n) is 15.5. The lowest BCUT2D eigenvalue weighted by Crippen LogP contribution is -2.43. The maximum absolute atomic E-state index is 13.5. The van der Waals surface area contributed by atoms with E-state index in [4.69, 9.17) is 0 Å². The van der Waals surface area contributed by atoms with Gasteiger partial charge in [0.15, 0.2) is 0 Å². The van der Waals surface area contributed by atoms with Crippen molar-refractivity contribution >= 4 is 11.8 Å². The van der Waals surface area contributed by atoms with Gasteiger partial charge in [0.2, 0.25) is 5.91 Å². The number of carbonyl (C=O) groups is 2. The molecule has 2 amide bonds. The summed E-state index contributed by atoms with van der Waals surface area (Å²) in [6, 6.07) is 9.67. The van der Waals surface area contributed by atoms with Crippen molar-refractivity contribution in [2.45, 2.75) is 25.4 Å². The van der Waals surface area contributed by atoms with Gasteiger partial charge in [-0.1, -0.05) is 12.1 Å². The molecule has 1 aliphatic rings. The van der Waals surface area contributed by atoms with Crippen LogP contribution in [-0.2, 0) is 18.4 Å². The molecule has 1 fully saturated rings. The van der Waals surface area contributed by atoms with Crippen LogP contribution in [0.1, 0.15) is 28.9 Å². The molecule has 1 aromatic heterocycles. The number of carbonyl (C=O) groups excluding carboxylic acids is 2. The molecule has 0 spiro atoms. The van der Waals surface area contributed by atoms with E-state index in [0.717, 1.165) is 18.5 Å². The smallest absolute Gasteiger partial charge is 0.254 e. The molecular formula is C21H24FN3O2. The van der Waals surface area contributed by atoms with Crippen molar-refractivity contribution in [2.24, 2.45) is 7.05 Å². The van der Waals surface area contributed by atoms with Crippen molar-refractivity contribution in [3.05, 3.63) is 72.3 Å². The van der Waals surface area contributed by atoms with Gasteiger partial charge in [-0.2, -0.15) is 0 Å². The van der Waals surface area contributed by atoms with E-state index in [9.17, 15) is 14.0 Å². The number of hydrogen-bond donors (Lipinski definition) is 0. The lowest BCUT2D eigenvalue weighted by atomic mass is 10.2. The minimum Gasteiger partial charge on any atom is -0.353 e. The van der Waals surface area contributed by atoms with Crippen LogP contribution in [0.2, 0.25) is 0 Å². The Balaban J connectivity index is 1.74. The third-order valence-electron chi connectivity index (χ3n) is 4.73. The zero-order valence-corrected chi connectivity index (χ0v) is 15.5. The van der Waals surface area contributed by atoms with Crippen molar-refractivity contribution in [1.82, 2.24) is 14.4 Å². The Bertz CT molecular complexity index is 841. The Kier molecular flexibility index (Phi) is 5.74. The Labute approximate surface area is 158 Å². The second-order valence-electron chi connectivity index (χ2n) is 6.85. The van der Waals surface area contributed by atoms with Gasteiger partial charge in [-0.3, -0.25) is 9.59 Å². The van der Waals surface area contributed by atoms with E-state index in [1.165, 1.54) is 23.1 Å². The number of amides is 2. The average Bonchev–Trinajstić information content (AvgIpc) is 3.41. The van der Waals surface area contributed by atoms with Gasteiger partial charge in [0, 0.05) is 37.1 Å². The fourth-order valence-electron chi connectivity index (χ4n) is 3.08. The monoisotopic (exact) mass is 369 g/mol. The van der Waals surface area contributed by atoms with Gasteiger partial charge in [-0.15, -0.1) is 6.58 Å². The minimum absolute atomic E-state index is 0.0533. The number of benzene rings is 1. The van der Waals surface area contributed by atoms with Gasteiger partial charge >= 0.3 is 0 Å². The van der Waals surface area contributed by atoms with Crippen molar-refractivity contribution in [2.75, 3.05) is 13.1 Å². The van der Waals surface area contributed by atoms with Gasteiger partial charge in [-0.05, 0) is 43.2 Å². The van der Waals surface area contributed by atoms with Crippen LogP contribution >= 0.6 is 0 Å². The molecule has 0 saturated heterocycles. The number of aryl methyl sites for hydroxylation is 1. The Morgan fingerprint density at radius 1 is 1.30 bits per heavy atom. The van der Waals surface area contributed by atoms with Crippen molar-refractivity contribution in [3.63, 3.8) is 0 Å². The quantitative estimate of drug-likeness (QED) is 0.672. The average molecular weight is 369 g/mol. The van der Waals surface area contributed by atoms with E-state index >= 15 is 0 Å². The highest BCUT2D eigenvalue weighted by Crippen LogP contribution is 2.28. The zero-order chi connectivity index (χ0) is 19.4. The fourth-order valence-corrected chi connectivity index (χ4v) is 3.08. The summed E-state index contributed by atoms with van der Waals surface area (Å²) in [5, 5.41) is 0. The first-order valence-corrected chi connectivity index (χ1v) is 9.05. The molecule has 1 heterocycles. The summed E-state index contributed by atoms with van der Waals surface area (Å²) in [6.07, 6.45) is 5.48. The Morgan fingerprint density at radius 2 is 2.07 bits per heavy atom. The number of nitrogens with zero attached hydrogens (tertiary/aromatic N) is 3. The Hall–Kier alpha value is -2.89. The number of hydrogen-bond acceptors (Lipinski definition) is 2. The molecule has 0 unspecified atom stereocenters. The maximum atomic E-state index is 13.5. The highest BCUT2D eigenvalue weighted by atomic mass is 19.1. The summed E-state index contributed by atoms with van der Waals surface area (Å²) in [5.41, 5.74) is 1.27. The van der Waals surface area contributed by atoms with Gasteiger partial charge in [0.05, 0.1) is 6.54 Å². The molecule has 142 valence electrons. The molecule has 0 N–H and O–H groups in total. The van der Waals surface area contributed by atoms with Crippen LogP contribution in [0.15, 0.2) is 55.3 Å². The molecule has 1 aliphatic carbocycles. The lowest BCUT2D eigenvalue weighted by Gasteiger charge is -2.27. The molecule has 0 radical (unpaired) electrons.